The fourth-order valence-corrected chi connectivity index (χ4v) is 1.54. The van der Waals surface area contributed by atoms with Crippen LogP contribution in [0.1, 0.15) is 38.3 Å². The molecule has 1 rings (SSSR count). The van der Waals surface area contributed by atoms with Crippen LogP contribution in [0.25, 0.3) is 0 Å². The van der Waals surface area contributed by atoms with Crippen molar-refractivity contribution in [3.63, 3.8) is 0 Å². The van der Waals surface area contributed by atoms with Gasteiger partial charge in [0, 0.05) is 5.92 Å². The topological polar surface area (TPSA) is 79.5 Å². The van der Waals surface area contributed by atoms with Gasteiger partial charge >= 0.3 is 5.97 Å². The predicted octanol–water partition coefficient (Wildman–Crippen LogP) is 2.12. The number of amides is 1. The number of carboxylic acids is 1. The largest absolute Gasteiger partial charge is 0.481 e. The van der Waals surface area contributed by atoms with Crippen molar-refractivity contribution in [3.8, 4) is 0 Å². The van der Waals surface area contributed by atoms with Gasteiger partial charge in [-0.05, 0) is 26.0 Å². The summed E-state index contributed by atoms with van der Waals surface area (Å²) in [5.41, 5.74) is 0. The van der Waals surface area contributed by atoms with Crippen LogP contribution < -0.4 is 5.32 Å². The molecule has 0 aliphatic heterocycles. The number of nitrogens with one attached hydrogen (secondary N) is 1. The molecule has 0 aliphatic rings. The molecule has 0 bridgehead atoms. The summed E-state index contributed by atoms with van der Waals surface area (Å²) in [7, 11) is 0. The fourth-order valence-electron chi connectivity index (χ4n) is 1.54. The van der Waals surface area contributed by atoms with E-state index in [1.54, 1.807) is 19.9 Å². The van der Waals surface area contributed by atoms with Gasteiger partial charge in [-0.1, -0.05) is 13.8 Å². The molecule has 0 aromatic carbocycles. The summed E-state index contributed by atoms with van der Waals surface area (Å²) < 4.78 is 5.40. The van der Waals surface area contributed by atoms with Gasteiger partial charge in [-0.2, -0.15) is 0 Å². The highest BCUT2D eigenvalue weighted by molar-refractivity contribution is 5.84. The van der Waals surface area contributed by atoms with Crippen molar-refractivity contribution >= 4 is 11.9 Å². The monoisotopic (exact) mass is 253 g/mol. The van der Waals surface area contributed by atoms with Gasteiger partial charge in [0.25, 0.3) is 0 Å². The number of furan rings is 1. The normalized spacial score (nSPS) is 15.8. The van der Waals surface area contributed by atoms with Gasteiger partial charge in [-0.25, -0.2) is 0 Å². The first kappa shape index (κ1) is 14.3. The number of carboxylic acid groups (broad SMARTS) is 1. The van der Waals surface area contributed by atoms with Crippen LogP contribution in [-0.2, 0) is 9.59 Å². The van der Waals surface area contributed by atoms with Crippen molar-refractivity contribution in [3.05, 3.63) is 23.7 Å². The van der Waals surface area contributed by atoms with E-state index in [0.29, 0.717) is 5.76 Å². The predicted molar refractivity (Wildman–Crippen MR) is 66.0 cm³/mol. The Morgan fingerprint density at radius 1 is 1.22 bits per heavy atom. The lowest BCUT2D eigenvalue weighted by Crippen LogP contribution is -2.36. The van der Waals surface area contributed by atoms with Gasteiger partial charge in [-0.3, -0.25) is 9.59 Å². The van der Waals surface area contributed by atoms with Crippen molar-refractivity contribution in [1.29, 1.82) is 0 Å². The van der Waals surface area contributed by atoms with Gasteiger partial charge in [0.15, 0.2) is 0 Å². The van der Waals surface area contributed by atoms with Crippen LogP contribution in [0.3, 0.4) is 0 Å². The number of rotatable bonds is 5. The maximum absolute atomic E-state index is 11.9. The van der Waals surface area contributed by atoms with Crippen LogP contribution in [0.4, 0.5) is 0 Å². The molecule has 0 saturated heterocycles. The summed E-state index contributed by atoms with van der Waals surface area (Å²) in [5.74, 6) is -1.11. The van der Waals surface area contributed by atoms with Crippen LogP contribution in [0.5, 0.6) is 0 Å². The minimum Gasteiger partial charge on any atom is -0.481 e. The Kier molecular flexibility index (Phi) is 4.53. The van der Waals surface area contributed by atoms with Gasteiger partial charge in [-0.15, -0.1) is 0 Å². The average molecular weight is 253 g/mol. The molecule has 0 spiro atoms. The molecule has 18 heavy (non-hydrogen) atoms. The van der Waals surface area contributed by atoms with Crippen molar-refractivity contribution < 1.29 is 19.1 Å². The zero-order valence-corrected chi connectivity index (χ0v) is 11.1. The number of carbonyl (C=O) groups is 2. The maximum atomic E-state index is 11.9. The van der Waals surface area contributed by atoms with E-state index in [1.807, 2.05) is 13.0 Å². The smallest absolute Gasteiger partial charge is 0.307 e. The van der Waals surface area contributed by atoms with E-state index in [9.17, 15) is 9.59 Å². The van der Waals surface area contributed by atoms with E-state index >= 15 is 0 Å². The van der Waals surface area contributed by atoms with Crippen LogP contribution in [0, 0.1) is 18.8 Å². The molecule has 0 saturated carbocycles. The molecule has 1 heterocycles. The Bertz CT molecular complexity index is 438. The molecule has 0 fully saturated rings. The first-order valence-electron chi connectivity index (χ1n) is 5.92. The van der Waals surface area contributed by atoms with E-state index in [0.717, 1.165) is 5.76 Å². The molecule has 1 aromatic rings. The first-order chi connectivity index (χ1) is 8.32. The summed E-state index contributed by atoms with van der Waals surface area (Å²) in [5, 5.41) is 11.6. The summed E-state index contributed by atoms with van der Waals surface area (Å²) >= 11 is 0. The summed E-state index contributed by atoms with van der Waals surface area (Å²) in [6.07, 6.45) is 0. The van der Waals surface area contributed by atoms with Crippen LogP contribution in [-0.4, -0.2) is 17.0 Å². The zero-order chi connectivity index (χ0) is 13.9. The highest BCUT2D eigenvalue weighted by Crippen LogP contribution is 2.18. The van der Waals surface area contributed by atoms with Gasteiger partial charge in [0.2, 0.25) is 5.91 Å². The third-order valence-electron chi connectivity index (χ3n) is 3.10. The summed E-state index contributed by atoms with van der Waals surface area (Å²) in [4.78, 5) is 22.7. The SMILES string of the molecule is Cc1ccc(C(C)NC(=O)C(C)C(C)C(=O)O)o1. The van der Waals surface area contributed by atoms with Crippen molar-refractivity contribution in [1.82, 2.24) is 5.32 Å². The average Bonchev–Trinajstić information content (AvgIpc) is 2.73. The van der Waals surface area contributed by atoms with E-state index in [4.69, 9.17) is 9.52 Å². The second kappa shape index (κ2) is 5.71. The number of aliphatic carboxylic acids is 1. The molecule has 100 valence electrons. The number of hydrogen-bond acceptors (Lipinski definition) is 3. The lowest BCUT2D eigenvalue weighted by Gasteiger charge is -2.18. The van der Waals surface area contributed by atoms with E-state index < -0.39 is 17.8 Å². The Morgan fingerprint density at radius 3 is 2.28 bits per heavy atom. The van der Waals surface area contributed by atoms with E-state index in [2.05, 4.69) is 5.32 Å². The maximum Gasteiger partial charge on any atom is 0.307 e. The Morgan fingerprint density at radius 2 is 1.83 bits per heavy atom. The van der Waals surface area contributed by atoms with Crippen molar-refractivity contribution in [2.75, 3.05) is 0 Å². The highest BCUT2D eigenvalue weighted by Gasteiger charge is 2.27. The molecule has 5 nitrogen and oxygen atoms in total. The molecule has 2 N–H and O–H groups in total. The number of hydrogen-bond donors (Lipinski definition) is 2. The number of carbonyl (C=O) groups excluding carboxylic acids is 1. The molecule has 1 aromatic heterocycles. The first-order valence-corrected chi connectivity index (χ1v) is 5.92. The van der Waals surface area contributed by atoms with E-state index in [-0.39, 0.29) is 11.9 Å². The Balaban J connectivity index is 2.62. The van der Waals surface area contributed by atoms with Gasteiger partial charge in [0.05, 0.1) is 12.0 Å². The minimum atomic E-state index is -0.973. The lowest BCUT2D eigenvalue weighted by atomic mass is 9.95. The molecule has 1 amide bonds. The van der Waals surface area contributed by atoms with Crippen molar-refractivity contribution in [2.45, 2.75) is 33.7 Å². The van der Waals surface area contributed by atoms with Crippen LogP contribution >= 0.6 is 0 Å². The second-order valence-corrected chi connectivity index (χ2v) is 4.59. The Labute approximate surface area is 106 Å². The third-order valence-corrected chi connectivity index (χ3v) is 3.10. The Hall–Kier alpha value is -1.78. The summed E-state index contributed by atoms with van der Waals surface area (Å²) in [6, 6.07) is 3.35. The zero-order valence-electron chi connectivity index (χ0n) is 11.1. The van der Waals surface area contributed by atoms with Gasteiger partial charge < -0.3 is 14.8 Å². The summed E-state index contributed by atoms with van der Waals surface area (Å²) in [6.45, 7) is 6.75. The lowest BCUT2D eigenvalue weighted by molar-refractivity contribution is -0.146. The van der Waals surface area contributed by atoms with Crippen LogP contribution in [0.15, 0.2) is 16.5 Å². The highest BCUT2D eigenvalue weighted by atomic mass is 16.4. The third kappa shape index (κ3) is 3.35. The van der Waals surface area contributed by atoms with Gasteiger partial charge in [0.1, 0.15) is 11.5 Å². The minimum absolute atomic E-state index is 0.269. The van der Waals surface area contributed by atoms with Crippen LogP contribution in [0.2, 0.25) is 0 Å². The molecular weight excluding hydrogens is 234 g/mol. The standard InChI is InChI=1S/C13H19NO4/c1-7-5-6-11(18-7)10(4)14-12(15)8(2)9(3)13(16)17/h5-6,8-10H,1-4H3,(H,14,15)(H,16,17). The fraction of sp³-hybridized carbons (Fsp3) is 0.538. The number of aryl methyl sites for hydroxylation is 1. The van der Waals surface area contributed by atoms with E-state index in [1.165, 1.54) is 6.92 Å². The molecule has 5 heteroatoms. The second-order valence-electron chi connectivity index (χ2n) is 4.59. The quantitative estimate of drug-likeness (QED) is 0.842. The molecule has 3 atom stereocenters. The molecule has 3 unspecified atom stereocenters. The van der Waals surface area contributed by atoms with Crippen molar-refractivity contribution in [2.24, 2.45) is 11.8 Å². The molecular formula is C13H19NO4. The molecule has 0 aliphatic carbocycles. The molecule has 0 radical (unpaired) electrons.